The molecule has 1 heterocycles. The predicted molar refractivity (Wildman–Crippen MR) is 90.4 cm³/mol. The second kappa shape index (κ2) is 7.09. The van der Waals surface area contributed by atoms with Gasteiger partial charge in [0, 0.05) is 13.1 Å². The van der Waals surface area contributed by atoms with E-state index in [9.17, 15) is 9.59 Å². The molecule has 0 saturated carbocycles. The molecular formula is C19H20N2O2. The number of benzene rings is 2. The first kappa shape index (κ1) is 15.3. The molecule has 0 aliphatic carbocycles. The minimum absolute atomic E-state index is 0.00175. The molecule has 2 aromatic carbocycles. The molecule has 4 heteroatoms. The van der Waals surface area contributed by atoms with Crippen molar-refractivity contribution in [2.75, 3.05) is 18.4 Å². The average molecular weight is 308 g/mol. The lowest BCUT2D eigenvalue weighted by atomic mass is 10.1. The summed E-state index contributed by atoms with van der Waals surface area (Å²) in [5, 5.41) is 2.88. The summed E-state index contributed by atoms with van der Waals surface area (Å²) in [6.07, 6.45) is 2.40. The standard InChI is InChI=1S/C19H20N2O2/c22-18(14-15-8-2-1-3-9-15)20-17-11-5-4-10-16(17)19(23)21-12-6-7-13-21/h1-5,8-11H,6-7,12-14H2,(H,20,22). The third-order valence-electron chi connectivity index (χ3n) is 4.03. The number of nitrogens with one attached hydrogen (secondary N) is 1. The summed E-state index contributed by atoms with van der Waals surface area (Å²) in [5.41, 5.74) is 2.11. The molecular weight excluding hydrogens is 288 g/mol. The lowest BCUT2D eigenvalue weighted by Gasteiger charge is -2.18. The van der Waals surface area contributed by atoms with Crippen LogP contribution in [0.2, 0.25) is 0 Å². The molecule has 0 spiro atoms. The second-order valence-corrected chi connectivity index (χ2v) is 5.76. The number of hydrogen-bond acceptors (Lipinski definition) is 2. The second-order valence-electron chi connectivity index (χ2n) is 5.76. The average Bonchev–Trinajstić information content (AvgIpc) is 3.10. The van der Waals surface area contributed by atoms with Crippen LogP contribution in [0.25, 0.3) is 0 Å². The zero-order valence-corrected chi connectivity index (χ0v) is 13.0. The van der Waals surface area contributed by atoms with Crippen molar-refractivity contribution in [3.63, 3.8) is 0 Å². The van der Waals surface area contributed by atoms with Crippen LogP contribution in [0, 0.1) is 0 Å². The van der Waals surface area contributed by atoms with Crippen molar-refractivity contribution in [2.24, 2.45) is 0 Å². The predicted octanol–water partition coefficient (Wildman–Crippen LogP) is 3.10. The fourth-order valence-corrected chi connectivity index (χ4v) is 2.84. The van der Waals surface area contributed by atoms with Crippen molar-refractivity contribution >= 4 is 17.5 Å². The Bertz CT molecular complexity index is 692. The van der Waals surface area contributed by atoms with Crippen LogP contribution in [0.5, 0.6) is 0 Å². The van der Waals surface area contributed by atoms with E-state index in [0.29, 0.717) is 17.7 Å². The molecule has 1 fully saturated rings. The van der Waals surface area contributed by atoms with Gasteiger partial charge in [-0.25, -0.2) is 0 Å². The summed E-state index contributed by atoms with van der Waals surface area (Å²) in [6, 6.07) is 16.8. The lowest BCUT2D eigenvalue weighted by Crippen LogP contribution is -2.29. The quantitative estimate of drug-likeness (QED) is 0.943. The van der Waals surface area contributed by atoms with Crippen molar-refractivity contribution in [3.8, 4) is 0 Å². The number of hydrogen-bond donors (Lipinski definition) is 1. The molecule has 4 nitrogen and oxygen atoms in total. The largest absolute Gasteiger partial charge is 0.339 e. The van der Waals surface area contributed by atoms with E-state index in [0.717, 1.165) is 31.5 Å². The topological polar surface area (TPSA) is 49.4 Å². The number of anilines is 1. The van der Waals surface area contributed by atoms with Crippen molar-refractivity contribution in [2.45, 2.75) is 19.3 Å². The molecule has 1 saturated heterocycles. The van der Waals surface area contributed by atoms with Crippen LogP contribution in [0.4, 0.5) is 5.69 Å². The number of likely N-dealkylation sites (tertiary alicyclic amines) is 1. The number of nitrogens with zero attached hydrogens (tertiary/aromatic N) is 1. The number of carbonyl (C=O) groups is 2. The summed E-state index contributed by atoms with van der Waals surface area (Å²) in [4.78, 5) is 26.7. The van der Waals surface area contributed by atoms with Gasteiger partial charge in [-0.15, -0.1) is 0 Å². The molecule has 0 unspecified atom stereocenters. The molecule has 0 bridgehead atoms. The highest BCUT2D eigenvalue weighted by Crippen LogP contribution is 2.20. The van der Waals surface area contributed by atoms with Gasteiger partial charge in [0.05, 0.1) is 17.7 Å². The van der Waals surface area contributed by atoms with E-state index in [2.05, 4.69) is 5.32 Å². The van der Waals surface area contributed by atoms with Gasteiger partial charge in [-0.3, -0.25) is 9.59 Å². The van der Waals surface area contributed by atoms with Crippen LogP contribution in [0.15, 0.2) is 54.6 Å². The summed E-state index contributed by atoms with van der Waals surface area (Å²) >= 11 is 0. The van der Waals surface area contributed by atoms with E-state index in [1.807, 2.05) is 47.4 Å². The van der Waals surface area contributed by atoms with Gasteiger partial charge in [0.2, 0.25) is 5.91 Å². The maximum Gasteiger partial charge on any atom is 0.255 e. The zero-order valence-electron chi connectivity index (χ0n) is 13.0. The Labute approximate surface area is 136 Å². The molecule has 23 heavy (non-hydrogen) atoms. The van der Waals surface area contributed by atoms with Gasteiger partial charge >= 0.3 is 0 Å². The van der Waals surface area contributed by atoms with E-state index in [4.69, 9.17) is 0 Å². The Morgan fingerprint density at radius 1 is 0.913 bits per heavy atom. The Morgan fingerprint density at radius 3 is 2.30 bits per heavy atom. The molecule has 0 radical (unpaired) electrons. The first-order chi connectivity index (χ1) is 11.2. The van der Waals surface area contributed by atoms with Crippen molar-refractivity contribution < 1.29 is 9.59 Å². The Morgan fingerprint density at radius 2 is 1.57 bits per heavy atom. The lowest BCUT2D eigenvalue weighted by molar-refractivity contribution is -0.115. The summed E-state index contributed by atoms with van der Waals surface area (Å²) in [5.74, 6) is -0.115. The molecule has 0 aromatic heterocycles. The van der Waals surface area contributed by atoms with Crippen LogP contribution >= 0.6 is 0 Å². The van der Waals surface area contributed by atoms with Gasteiger partial charge in [0.25, 0.3) is 5.91 Å². The van der Waals surface area contributed by atoms with Crippen molar-refractivity contribution in [1.29, 1.82) is 0 Å². The third kappa shape index (κ3) is 3.77. The van der Waals surface area contributed by atoms with Crippen LogP contribution in [0.3, 0.4) is 0 Å². The Hall–Kier alpha value is -2.62. The molecule has 118 valence electrons. The molecule has 2 aromatic rings. The van der Waals surface area contributed by atoms with Crippen LogP contribution < -0.4 is 5.32 Å². The van der Waals surface area contributed by atoms with Gasteiger partial charge in [0.1, 0.15) is 0 Å². The smallest absolute Gasteiger partial charge is 0.255 e. The van der Waals surface area contributed by atoms with E-state index >= 15 is 0 Å². The van der Waals surface area contributed by atoms with E-state index < -0.39 is 0 Å². The molecule has 1 N–H and O–H groups in total. The van der Waals surface area contributed by atoms with E-state index in [1.165, 1.54) is 0 Å². The third-order valence-corrected chi connectivity index (χ3v) is 4.03. The van der Waals surface area contributed by atoms with Gasteiger partial charge in [-0.2, -0.15) is 0 Å². The molecule has 2 amide bonds. The van der Waals surface area contributed by atoms with E-state index in [-0.39, 0.29) is 11.8 Å². The van der Waals surface area contributed by atoms with Crippen molar-refractivity contribution in [3.05, 3.63) is 65.7 Å². The summed E-state index contributed by atoms with van der Waals surface area (Å²) in [6.45, 7) is 1.59. The minimum Gasteiger partial charge on any atom is -0.339 e. The van der Waals surface area contributed by atoms with Gasteiger partial charge in [0.15, 0.2) is 0 Å². The van der Waals surface area contributed by atoms with Crippen LogP contribution in [0.1, 0.15) is 28.8 Å². The Kier molecular flexibility index (Phi) is 4.71. The number of carbonyl (C=O) groups excluding carboxylic acids is 2. The zero-order chi connectivity index (χ0) is 16.1. The fourth-order valence-electron chi connectivity index (χ4n) is 2.84. The van der Waals surface area contributed by atoms with Crippen LogP contribution in [-0.2, 0) is 11.2 Å². The highest BCUT2D eigenvalue weighted by molar-refractivity contribution is 6.04. The normalized spacial score (nSPS) is 13.8. The summed E-state index contributed by atoms with van der Waals surface area (Å²) < 4.78 is 0. The highest BCUT2D eigenvalue weighted by Gasteiger charge is 2.22. The fraction of sp³-hybridized carbons (Fsp3) is 0.263. The number of rotatable bonds is 4. The summed E-state index contributed by atoms with van der Waals surface area (Å²) in [7, 11) is 0. The SMILES string of the molecule is O=C(Cc1ccccc1)Nc1ccccc1C(=O)N1CCCC1. The maximum atomic E-state index is 12.6. The first-order valence-electron chi connectivity index (χ1n) is 7.96. The maximum absolute atomic E-state index is 12.6. The van der Waals surface area contributed by atoms with Crippen LogP contribution in [-0.4, -0.2) is 29.8 Å². The number of amides is 2. The monoisotopic (exact) mass is 308 g/mol. The minimum atomic E-state index is -0.113. The number of para-hydroxylation sites is 1. The molecule has 1 aliphatic rings. The molecule has 0 atom stereocenters. The highest BCUT2D eigenvalue weighted by atomic mass is 16.2. The van der Waals surface area contributed by atoms with Gasteiger partial charge in [-0.1, -0.05) is 42.5 Å². The Balaban J connectivity index is 1.72. The van der Waals surface area contributed by atoms with E-state index in [1.54, 1.807) is 12.1 Å². The molecule has 1 aliphatic heterocycles. The van der Waals surface area contributed by atoms with Crippen molar-refractivity contribution in [1.82, 2.24) is 4.90 Å². The molecule has 3 rings (SSSR count). The van der Waals surface area contributed by atoms with Gasteiger partial charge in [-0.05, 0) is 30.5 Å². The first-order valence-corrected chi connectivity index (χ1v) is 7.96. The van der Waals surface area contributed by atoms with Gasteiger partial charge < -0.3 is 10.2 Å².